The fourth-order valence-electron chi connectivity index (χ4n) is 4.20. The van der Waals surface area contributed by atoms with Gasteiger partial charge in [-0.3, -0.25) is 4.79 Å². The quantitative estimate of drug-likeness (QED) is 0.347. The van der Waals surface area contributed by atoms with Gasteiger partial charge >= 0.3 is 0 Å². The number of benzene rings is 2. The minimum absolute atomic E-state index is 0.00452. The molecule has 0 amide bonds. The monoisotopic (exact) mass is 507 g/mol. The molecule has 0 saturated carbocycles. The molecular weight excluding hydrogens is 486 g/mol. The Bertz CT molecular complexity index is 1740. The van der Waals surface area contributed by atoms with Gasteiger partial charge in [-0.15, -0.1) is 0 Å². The fourth-order valence-corrected chi connectivity index (χ4v) is 5.28. The lowest BCUT2D eigenvalue weighted by Gasteiger charge is -2.13. The molecule has 0 spiro atoms. The van der Waals surface area contributed by atoms with Crippen molar-refractivity contribution >= 4 is 43.4 Å². The average molecular weight is 508 g/mol. The summed E-state index contributed by atoms with van der Waals surface area (Å²) in [5.41, 5.74) is 2.99. The Morgan fingerprint density at radius 3 is 2.60 bits per heavy atom. The van der Waals surface area contributed by atoms with Crippen molar-refractivity contribution in [1.29, 1.82) is 0 Å². The summed E-state index contributed by atoms with van der Waals surface area (Å²) < 4.78 is 32.0. The van der Waals surface area contributed by atoms with Crippen LogP contribution in [0, 0.1) is 0 Å². The Hall–Kier alpha value is -3.62. The Balaban J connectivity index is 1.78. The summed E-state index contributed by atoms with van der Waals surface area (Å²) in [6.07, 6.45) is 3.28. The van der Waals surface area contributed by atoms with Crippen LogP contribution in [-0.2, 0) is 16.4 Å². The standard InChI is InChI=1S/C26H22ClN3O4S/c1-3-35(32,33)20-6-4-5-17(11-20)22-15-30(14-16-7-9-19(34-2)10-8-16)26(31)24-23(22)21-12-18(27)13-28-25(21)29-24/h4-13,15H,3,14H2,1-2H3,(H,28,29). The predicted molar refractivity (Wildman–Crippen MR) is 138 cm³/mol. The van der Waals surface area contributed by atoms with Gasteiger partial charge < -0.3 is 14.3 Å². The van der Waals surface area contributed by atoms with Crippen molar-refractivity contribution in [2.45, 2.75) is 18.4 Å². The van der Waals surface area contributed by atoms with E-state index in [1.807, 2.05) is 30.3 Å². The number of rotatable bonds is 6. The SMILES string of the molecule is CCS(=O)(=O)c1cccc(-c2cn(Cc3ccc(OC)cc3)c(=O)c3[nH]c4ncc(Cl)cc4c23)c1. The maximum atomic E-state index is 13.5. The van der Waals surface area contributed by atoms with E-state index in [0.29, 0.717) is 44.6 Å². The van der Waals surface area contributed by atoms with Crippen LogP contribution in [0.15, 0.2) is 76.7 Å². The first-order valence-electron chi connectivity index (χ1n) is 11.0. The number of aromatic amines is 1. The van der Waals surface area contributed by atoms with Crippen LogP contribution in [0.1, 0.15) is 12.5 Å². The highest BCUT2D eigenvalue weighted by Gasteiger charge is 2.19. The molecule has 0 unspecified atom stereocenters. The van der Waals surface area contributed by atoms with Gasteiger partial charge in [-0.2, -0.15) is 0 Å². The first kappa shape index (κ1) is 23.1. The van der Waals surface area contributed by atoms with Crippen molar-refractivity contribution < 1.29 is 13.2 Å². The summed E-state index contributed by atoms with van der Waals surface area (Å²) in [5.74, 6) is 0.722. The van der Waals surface area contributed by atoms with Crippen molar-refractivity contribution in [1.82, 2.24) is 14.5 Å². The number of hydrogen-bond donors (Lipinski definition) is 1. The number of sulfone groups is 1. The van der Waals surface area contributed by atoms with Crippen molar-refractivity contribution in [3.63, 3.8) is 0 Å². The zero-order valence-corrected chi connectivity index (χ0v) is 20.7. The van der Waals surface area contributed by atoms with Gasteiger partial charge in [0.1, 0.15) is 16.9 Å². The van der Waals surface area contributed by atoms with E-state index in [4.69, 9.17) is 16.3 Å². The van der Waals surface area contributed by atoms with Gasteiger partial charge in [-0.05, 0) is 41.5 Å². The highest BCUT2D eigenvalue weighted by molar-refractivity contribution is 7.91. The van der Waals surface area contributed by atoms with Gasteiger partial charge in [0.25, 0.3) is 5.56 Å². The molecule has 2 aromatic carbocycles. The van der Waals surface area contributed by atoms with Gasteiger partial charge in [-0.1, -0.05) is 42.8 Å². The van der Waals surface area contributed by atoms with Crippen LogP contribution < -0.4 is 10.3 Å². The van der Waals surface area contributed by atoms with E-state index in [-0.39, 0.29) is 16.2 Å². The number of nitrogens with zero attached hydrogens (tertiary/aromatic N) is 2. The average Bonchev–Trinajstić information content (AvgIpc) is 3.25. The smallest absolute Gasteiger partial charge is 0.275 e. The minimum Gasteiger partial charge on any atom is -0.497 e. The number of ether oxygens (including phenoxy) is 1. The van der Waals surface area contributed by atoms with E-state index >= 15 is 0 Å². The second-order valence-corrected chi connectivity index (χ2v) is 10.9. The number of pyridine rings is 2. The third-order valence-electron chi connectivity index (χ3n) is 6.04. The molecule has 3 aromatic heterocycles. The summed E-state index contributed by atoms with van der Waals surface area (Å²) in [6, 6.07) is 16.0. The first-order valence-corrected chi connectivity index (χ1v) is 13.0. The maximum absolute atomic E-state index is 13.5. The molecule has 35 heavy (non-hydrogen) atoms. The highest BCUT2D eigenvalue weighted by Crippen LogP contribution is 2.34. The molecule has 3 heterocycles. The van der Waals surface area contributed by atoms with Crippen LogP contribution in [0.25, 0.3) is 33.1 Å². The van der Waals surface area contributed by atoms with E-state index in [9.17, 15) is 13.2 Å². The lowest BCUT2D eigenvalue weighted by molar-refractivity contribution is 0.414. The summed E-state index contributed by atoms with van der Waals surface area (Å²) in [7, 11) is -1.81. The molecule has 5 aromatic rings. The van der Waals surface area contributed by atoms with Crippen LogP contribution in [0.2, 0.25) is 5.02 Å². The van der Waals surface area contributed by atoms with Gasteiger partial charge in [0, 0.05) is 28.7 Å². The zero-order valence-electron chi connectivity index (χ0n) is 19.1. The molecule has 0 aliphatic carbocycles. The topological polar surface area (TPSA) is 94.0 Å². The molecule has 0 fully saturated rings. The van der Waals surface area contributed by atoms with Crippen LogP contribution in [0.5, 0.6) is 5.75 Å². The number of methoxy groups -OCH3 is 1. The summed E-state index contributed by atoms with van der Waals surface area (Å²) >= 11 is 6.23. The molecule has 1 N–H and O–H groups in total. The lowest BCUT2D eigenvalue weighted by atomic mass is 10.0. The molecule has 5 rings (SSSR count). The summed E-state index contributed by atoms with van der Waals surface area (Å²) in [4.78, 5) is 21.2. The van der Waals surface area contributed by atoms with E-state index in [1.165, 1.54) is 6.20 Å². The second kappa shape index (κ2) is 8.87. The number of aromatic nitrogens is 3. The highest BCUT2D eigenvalue weighted by atomic mass is 35.5. The van der Waals surface area contributed by atoms with Crippen LogP contribution >= 0.6 is 11.6 Å². The van der Waals surface area contributed by atoms with Crippen molar-refractivity contribution in [2.24, 2.45) is 0 Å². The predicted octanol–water partition coefficient (Wildman–Crippen LogP) is 5.05. The Labute approximate surface area is 206 Å². The van der Waals surface area contributed by atoms with Gasteiger partial charge in [-0.25, -0.2) is 13.4 Å². The molecule has 7 nitrogen and oxygen atoms in total. The van der Waals surface area contributed by atoms with Crippen LogP contribution in [0.3, 0.4) is 0 Å². The first-order chi connectivity index (χ1) is 16.8. The number of fused-ring (bicyclic) bond motifs is 3. The van der Waals surface area contributed by atoms with Gasteiger partial charge in [0.05, 0.1) is 29.3 Å². The maximum Gasteiger partial charge on any atom is 0.275 e. The summed E-state index contributed by atoms with van der Waals surface area (Å²) in [5, 5.41) is 1.78. The number of nitrogens with one attached hydrogen (secondary N) is 1. The minimum atomic E-state index is -3.41. The van der Waals surface area contributed by atoms with Crippen molar-refractivity contribution in [3.05, 3.63) is 87.9 Å². The third-order valence-corrected chi connectivity index (χ3v) is 7.98. The Morgan fingerprint density at radius 2 is 1.89 bits per heavy atom. The largest absolute Gasteiger partial charge is 0.497 e. The van der Waals surface area contributed by atoms with Crippen LogP contribution in [0.4, 0.5) is 0 Å². The Kier molecular flexibility index (Phi) is 5.86. The zero-order chi connectivity index (χ0) is 24.7. The fraction of sp³-hybridized carbons (Fsp3) is 0.154. The van der Waals surface area contributed by atoms with Gasteiger partial charge in [0.15, 0.2) is 9.84 Å². The number of hydrogen-bond acceptors (Lipinski definition) is 5. The van der Waals surface area contributed by atoms with Gasteiger partial charge in [0.2, 0.25) is 0 Å². The van der Waals surface area contributed by atoms with E-state index < -0.39 is 9.84 Å². The molecule has 0 aliphatic heterocycles. The molecule has 0 saturated heterocycles. The second-order valence-electron chi connectivity index (χ2n) is 8.18. The molecular formula is C26H22ClN3O4S. The molecule has 178 valence electrons. The Morgan fingerprint density at radius 1 is 1.11 bits per heavy atom. The molecule has 0 aliphatic rings. The van der Waals surface area contributed by atoms with Crippen molar-refractivity contribution in [3.8, 4) is 16.9 Å². The van der Waals surface area contributed by atoms with Crippen molar-refractivity contribution in [2.75, 3.05) is 12.9 Å². The van der Waals surface area contributed by atoms with E-state index in [2.05, 4.69) is 9.97 Å². The number of halogens is 1. The molecule has 0 radical (unpaired) electrons. The summed E-state index contributed by atoms with van der Waals surface area (Å²) in [6.45, 7) is 1.94. The lowest BCUT2D eigenvalue weighted by Crippen LogP contribution is -2.21. The molecule has 0 atom stereocenters. The third kappa shape index (κ3) is 4.19. The molecule has 9 heteroatoms. The normalized spacial score (nSPS) is 11.9. The van der Waals surface area contributed by atoms with Crippen LogP contribution in [-0.4, -0.2) is 35.8 Å². The van der Waals surface area contributed by atoms with E-state index in [1.54, 1.807) is 49.1 Å². The number of H-pyrrole nitrogens is 1. The molecule has 0 bridgehead atoms. The van der Waals surface area contributed by atoms with E-state index in [0.717, 1.165) is 11.3 Å².